The molecular weight excluding hydrogens is 379 g/mol. The molecule has 2 N–H and O–H groups in total. The molecule has 0 saturated heterocycles. The summed E-state index contributed by atoms with van der Waals surface area (Å²) >= 11 is 0. The second-order valence-corrected chi connectivity index (χ2v) is 10.1. The molecule has 0 aromatic heterocycles. The van der Waals surface area contributed by atoms with Crippen molar-refractivity contribution in [1.82, 2.24) is 0 Å². The highest BCUT2D eigenvalue weighted by atomic mass is 32.2. The number of anilines is 2. The second-order valence-electron chi connectivity index (χ2n) is 8.43. The van der Waals surface area contributed by atoms with Crippen LogP contribution in [0.5, 0.6) is 0 Å². The standard InChI is InChI=1S/C21H27FN2O3S/c1-20(2,3)15-6-12-18(13-7-15)28(26,27)24-17-10-8-16(9-11-17)23-19(25)21(4,5)14-22/h6-13,24H,14H2,1-5H3,(H,23,25). The van der Waals surface area contributed by atoms with Crippen molar-refractivity contribution in [3.05, 3.63) is 54.1 Å². The van der Waals surface area contributed by atoms with E-state index in [9.17, 15) is 17.6 Å². The van der Waals surface area contributed by atoms with Crippen LogP contribution < -0.4 is 10.0 Å². The largest absolute Gasteiger partial charge is 0.326 e. The monoisotopic (exact) mass is 406 g/mol. The summed E-state index contributed by atoms with van der Waals surface area (Å²) in [5.74, 6) is -0.442. The van der Waals surface area contributed by atoms with E-state index in [0.29, 0.717) is 11.4 Å². The fourth-order valence-electron chi connectivity index (χ4n) is 2.33. The lowest BCUT2D eigenvalue weighted by Gasteiger charge is -2.20. The first kappa shape index (κ1) is 21.9. The lowest BCUT2D eigenvalue weighted by Crippen LogP contribution is -2.32. The number of rotatable bonds is 6. The topological polar surface area (TPSA) is 75.3 Å². The van der Waals surface area contributed by atoms with Crippen molar-refractivity contribution in [2.75, 3.05) is 16.7 Å². The van der Waals surface area contributed by atoms with Gasteiger partial charge in [-0.05, 0) is 61.2 Å². The molecule has 0 bridgehead atoms. The highest BCUT2D eigenvalue weighted by Gasteiger charge is 2.27. The number of carbonyl (C=O) groups excluding carboxylic acids is 1. The molecule has 152 valence electrons. The maximum absolute atomic E-state index is 12.9. The van der Waals surface area contributed by atoms with Gasteiger partial charge >= 0.3 is 0 Å². The Morgan fingerprint density at radius 3 is 1.86 bits per heavy atom. The number of halogens is 1. The first-order chi connectivity index (χ1) is 12.8. The van der Waals surface area contributed by atoms with Crippen LogP contribution in [0, 0.1) is 5.41 Å². The second kappa shape index (κ2) is 7.91. The van der Waals surface area contributed by atoms with Crippen LogP contribution in [-0.2, 0) is 20.2 Å². The Morgan fingerprint density at radius 2 is 1.39 bits per heavy atom. The van der Waals surface area contributed by atoms with Crippen LogP contribution in [0.25, 0.3) is 0 Å². The molecule has 0 aliphatic carbocycles. The molecule has 0 aliphatic heterocycles. The Labute approximate surface area is 166 Å². The summed E-state index contributed by atoms with van der Waals surface area (Å²) in [6.45, 7) is 8.42. The predicted octanol–water partition coefficient (Wildman–Crippen LogP) is 4.72. The Balaban J connectivity index is 2.11. The molecule has 2 aromatic rings. The van der Waals surface area contributed by atoms with Crippen LogP contribution in [0.1, 0.15) is 40.2 Å². The number of amides is 1. The molecule has 0 fully saturated rings. The fraction of sp³-hybridized carbons (Fsp3) is 0.381. The molecule has 0 unspecified atom stereocenters. The maximum Gasteiger partial charge on any atom is 0.261 e. The van der Waals surface area contributed by atoms with Gasteiger partial charge in [0.2, 0.25) is 5.91 Å². The van der Waals surface area contributed by atoms with Gasteiger partial charge in [0.25, 0.3) is 10.0 Å². The van der Waals surface area contributed by atoms with Crippen molar-refractivity contribution in [3.8, 4) is 0 Å². The molecule has 28 heavy (non-hydrogen) atoms. The molecule has 0 spiro atoms. The minimum atomic E-state index is -3.73. The Kier molecular flexibility index (Phi) is 6.18. The molecule has 0 radical (unpaired) electrons. The van der Waals surface area contributed by atoms with E-state index in [1.165, 1.54) is 13.8 Å². The molecule has 0 aliphatic rings. The average Bonchev–Trinajstić information content (AvgIpc) is 2.62. The Hall–Kier alpha value is -2.41. The van der Waals surface area contributed by atoms with Crippen LogP contribution in [0.2, 0.25) is 0 Å². The maximum atomic E-state index is 12.9. The lowest BCUT2D eigenvalue weighted by molar-refractivity contribution is -0.124. The van der Waals surface area contributed by atoms with E-state index < -0.39 is 28.0 Å². The summed E-state index contributed by atoms with van der Waals surface area (Å²) in [5, 5.41) is 2.62. The molecule has 7 heteroatoms. The molecule has 2 aromatic carbocycles. The van der Waals surface area contributed by atoms with Gasteiger partial charge in [-0.15, -0.1) is 0 Å². The van der Waals surface area contributed by atoms with E-state index in [1.54, 1.807) is 48.5 Å². The minimum absolute atomic E-state index is 0.0628. The van der Waals surface area contributed by atoms with Crippen LogP contribution >= 0.6 is 0 Å². The van der Waals surface area contributed by atoms with Crippen molar-refractivity contribution < 1.29 is 17.6 Å². The zero-order valence-electron chi connectivity index (χ0n) is 16.8. The van der Waals surface area contributed by atoms with Gasteiger partial charge in [-0.2, -0.15) is 0 Å². The quantitative estimate of drug-likeness (QED) is 0.729. The number of alkyl halides is 1. The number of hydrogen-bond donors (Lipinski definition) is 2. The van der Waals surface area contributed by atoms with Gasteiger partial charge in [0.15, 0.2) is 0 Å². The summed E-state index contributed by atoms with van der Waals surface area (Å²) in [6.07, 6.45) is 0. The molecular formula is C21H27FN2O3S. The smallest absolute Gasteiger partial charge is 0.261 e. The van der Waals surface area contributed by atoms with E-state index in [0.717, 1.165) is 5.56 Å². The van der Waals surface area contributed by atoms with Crippen molar-refractivity contribution in [2.24, 2.45) is 5.41 Å². The zero-order valence-corrected chi connectivity index (χ0v) is 17.7. The number of sulfonamides is 1. The van der Waals surface area contributed by atoms with E-state index in [2.05, 4.69) is 30.8 Å². The van der Waals surface area contributed by atoms with Gasteiger partial charge in [-0.25, -0.2) is 12.8 Å². The number of hydrogen-bond acceptors (Lipinski definition) is 3. The summed E-state index contributed by atoms with van der Waals surface area (Å²) < 4.78 is 40.5. The van der Waals surface area contributed by atoms with E-state index in [1.807, 2.05) is 0 Å². The van der Waals surface area contributed by atoms with Gasteiger partial charge in [0.05, 0.1) is 10.3 Å². The zero-order chi connectivity index (χ0) is 21.2. The van der Waals surface area contributed by atoms with Gasteiger partial charge in [0, 0.05) is 11.4 Å². The number of nitrogens with one attached hydrogen (secondary N) is 2. The number of carbonyl (C=O) groups is 1. The van der Waals surface area contributed by atoms with Gasteiger partial charge in [-0.3, -0.25) is 9.52 Å². The van der Waals surface area contributed by atoms with Gasteiger partial charge in [0.1, 0.15) is 6.67 Å². The van der Waals surface area contributed by atoms with Crippen LogP contribution in [0.3, 0.4) is 0 Å². The van der Waals surface area contributed by atoms with Crippen molar-refractivity contribution >= 4 is 27.3 Å². The van der Waals surface area contributed by atoms with Crippen LogP contribution in [0.4, 0.5) is 15.8 Å². The lowest BCUT2D eigenvalue weighted by atomic mass is 9.87. The van der Waals surface area contributed by atoms with E-state index in [-0.39, 0.29) is 10.3 Å². The first-order valence-corrected chi connectivity index (χ1v) is 10.4. The minimum Gasteiger partial charge on any atom is -0.326 e. The van der Waals surface area contributed by atoms with E-state index >= 15 is 0 Å². The van der Waals surface area contributed by atoms with Crippen molar-refractivity contribution in [2.45, 2.75) is 44.9 Å². The molecule has 2 rings (SSSR count). The van der Waals surface area contributed by atoms with Crippen LogP contribution in [-0.4, -0.2) is 21.0 Å². The third-order valence-electron chi connectivity index (χ3n) is 4.37. The van der Waals surface area contributed by atoms with Crippen molar-refractivity contribution in [3.63, 3.8) is 0 Å². The summed E-state index contributed by atoms with van der Waals surface area (Å²) in [5.41, 5.74) is 0.682. The first-order valence-electron chi connectivity index (χ1n) is 8.96. The van der Waals surface area contributed by atoms with E-state index in [4.69, 9.17) is 0 Å². The highest BCUT2D eigenvalue weighted by molar-refractivity contribution is 7.92. The fourth-order valence-corrected chi connectivity index (χ4v) is 3.39. The SMILES string of the molecule is CC(C)(CF)C(=O)Nc1ccc(NS(=O)(=O)c2ccc(C(C)(C)C)cc2)cc1. The molecule has 1 amide bonds. The summed E-state index contributed by atoms with van der Waals surface area (Å²) in [6, 6.07) is 13.0. The molecule has 0 heterocycles. The Morgan fingerprint density at radius 1 is 0.893 bits per heavy atom. The highest BCUT2D eigenvalue weighted by Crippen LogP contribution is 2.25. The summed E-state index contributed by atoms with van der Waals surface area (Å²) in [7, 11) is -3.73. The molecule has 5 nitrogen and oxygen atoms in total. The Bertz CT molecular complexity index is 929. The van der Waals surface area contributed by atoms with Crippen molar-refractivity contribution in [1.29, 1.82) is 0 Å². The molecule has 0 saturated carbocycles. The third-order valence-corrected chi connectivity index (χ3v) is 5.77. The van der Waals surface area contributed by atoms with Gasteiger partial charge < -0.3 is 5.32 Å². The molecule has 0 atom stereocenters. The number of benzene rings is 2. The normalized spacial score (nSPS) is 12.5. The predicted molar refractivity (Wildman–Crippen MR) is 111 cm³/mol. The third kappa shape index (κ3) is 5.32. The van der Waals surface area contributed by atoms with Crippen LogP contribution in [0.15, 0.2) is 53.4 Å². The average molecular weight is 407 g/mol. The van der Waals surface area contributed by atoms with Gasteiger partial charge in [-0.1, -0.05) is 32.9 Å². The summed E-state index contributed by atoms with van der Waals surface area (Å²) in [4.78, 5) is 12.2.